The van der Waals surface area contributed by atoms with Crippen LogP contribution in [0.2, 0.25) is 5.15 Å². The van der Waals surface area contributed by atoms with Gasteiger partial charge in [-0.2, -0.15) is 0 Å². The summed E-state index contributed by atoms with van der Waals surface area (Å²) in [7, 11) is 0. The minimum absolute atomic E-state index is 0.0957. The van der Waals surface area contributed by atoms with Crippen LogP contribution in [0.25, 0.3) is 0 Å². The van der Waals surface area contributed by atoms with Gasteiger partial charge in [-0.1, -0.05) is 32.4 Å². The van der Waals surface area contributed by atoms with Gasteiger partial charge in [0.25, 0.3) is 5.91 Å². The maximum absolute atomic E-state index is 11.8. The Morgan fingerprint density at radius 2 is 2.06 bits per heavy atom. The number of hydrogen-bond acceptors (Lipinski definition) is 2. The first-order valence-electron chi connectivity index (χ1n) is 5.70. The van der Waals surface area contributed by atoms with Crippen molar-refractivity contribution in [2.75, 3.05) is 6.54 Å². The second-order valence-electron chi connectivity index (χ2n) is 5.39. The van der Waals surface area contributed by atoms with Crippen LogP contribution in [0, 0.1) is 12.3 Å². The van der Waals surface area contributed by atoms with Crippen molar-refractivity contribution < 1.29 is 4.79 Å². The predicted molar refractivity (Wildman–Crippen MR) is 70.4 cm³/mol. The van der Waals surface area contributed by atoms with Gasteiger partial charge in [-0.3, -0.25) is 4.79 Å². The number of aryl methyl sites for hydroxylation is 1. The maximum Gasteiger partial charge on any atom is 0.251 e. The molecule has 0 aliphatic carbocycles. The lowest BCUT2D eigenvalue weighted by molar-refractivity contribution is 0.0949. The molecule has 3 nitrogen and oxygen atoms in total. The van der Waals surface area contributed by atoms with Crippen LogP contribution >= 0.6 is 11.6 Å². The van der Waals surface area contributed by atoms with Crippen molar-refractivity contribution in [2.45, 2.75) is 34.1 Å². The van der Waals surface area contributed by atoms with Crippen LogP contribution in [-0.4, -0.2) is 17.4 Å². The highest BCUT2D eigenvalue weighted by atomic mass is 35.5. The van der Waals surface area contributed by atoms with Gasteiger partial charge in [-0.15, -0.1) is 0 Å². The van der Waals surface area contributed by atoms with Gasteiger partial charge >= 0.3 is 0 Å². The number of nitrogens with zero attached hydrogens (tertiary/aromatic N) is 1. The van der Waals surface area contributed by atoms with E-state index in [0.29, 0.717) is 17.3 Å². The molecule has 0 saturated heterocycles. The highest BCUT2D eigenvalue weighted by Gasteiger charge is 2.12. The Kier molecular flexibility index (Phi) is 4.52. The molecule has 1 amide bonds. The zero-order valence-electron chi connectivity index (χ0n) is 10.8. The van der Waals surface area contributed by atoms with Crippen molar-refractivity contribution in [2.24, 2.45) is 5.41 Å². The van der Waals surface area contributed by atoms with E-state index in [2.05, 4.69) is 31.1 Å². The first-order valence-corrected chi connectivity index (χ1v) is 6.08. The lowest BCUT2D eigenvalue weighted by Crippen LogP contribution is -2.27. The summed E-state index contributed by atoms with van der Waals surface area (Å²) in [5.41, 5.74) is 1.54. The topological polar surface area (TPSA) is 42.0 Å². The molecule has 0 saturated carbocycles. The normalized spacial score (nSPS) is 11.4. The van der Waals surface area contributed by atoms with Crippen molar-refractivity contribution in [3.63, 3.8) is 0 Å². The first-order chi connectivity index (χ1) is 7.78. The quantitative estimate of drug-likeness (QED) is 0.842. The van der Waals surface area contributed by atoms with Crippen LogP contribution in [-0.2, 0) is 0 Å². The molecule has 1 N–H and O–H groups in total. The minimum atomic E-state index is -0.0957. The first kappa shape index (κ1) is 14.0. The van der Waals surface area contributed by atoms with E-state index in [1.54, 1.807) is 12.1 Å². The molecule has 0 bridgehead atoms. The van der Waals surface area contributed by atoms with Crippen molar-refractivity contribution in [3.8, 4) is 0 Å². The predicted octanol–water partition coefficient (Wildman–Crippen LogP) is 3.21. The van der Waals surface area contributed by atoms with Crippen molar-refractivity contribution >= 4 is 17.5 Å². The number of amides is 1. The van der Waals surface area contributed by atoms with Crippen LogP contribution in [0.4, 0.5) is 0 Å². The Balaban J connectivity index is 2.58. The number of carbonyl (C=O) groups is 1. The summed E-state index contributed by atoms with van der Waals surface area (Å²) >= 11 is 5.81. The number of rotatable bonds is 3. The summed E-state index contributed by atoms with van der Waals surface area (Å²) in [5, 5.41) is 3.24. The smallest absolute Gasteiger partial charge is 0.251 e. The number of hydrogen-bond donors (Lipinski definition) is 1. The molecule has 94 valence electrons. The maximum atomic E-state index is 11.8. The molecule has 0 fully saturated rings. The standard InChI is InChI=1S/C13H19ClN2O/c1-9-7-10(8-11(14)16-9)12(17)15-6-5-13(2,3)4/h7-8H,5-6H2,1-4H3,(H,15,17). The third-order valence-corrected chi connectivity index (χ3v) is 2.54. The van der Waals surface area contributed by atoms with Crippen LogP contribution in [0.3, 0.4) is 0 Å². The highest BCUT2D eigenvalue weighted by Crippen LogP contribution is 2.17. The van der Waals surface area contributed by atoms with E-state index >= 15 is 0 Å². The fraction of sp³-hybridized carbons (Fsp3) is 0.538. The monoisotopic (exact) mass is 254 g/mol. The average molecular weight is 255 g/mol. The Labute approximate surface area is 108 Å². The van der Waals surface area contributed by atoms with Crippen molar-refractivity contribution in [1.82, 2.24) is 10.3 Å². The van der Waals surface area contributed by atoms with Gasteiger partial charge in [-0.25, -0.2) is 4.98 Å². The highest BCUT2D eigenvalue weighted by molar-refractivity contribution is 6.29. The van der Waals surface area contributed by atoms with E-state index in [0.717, 1.165) is 12.1 Å². The van der Waals surface area contributed by atoms with E-state index in [1.165, 1.54) is 0 Å². The van der Waals surface area contributed by atoms with Gasteiger partial charge in [-0.05, 0) is 30.9 Å². The second kappa shape index (κ2) is 5.50. The van der Waals surface area contributed by atoms with Crippen LogP contribution in [0.15, 0.2) is 12.1 Å². The molecular formula is C13H19ClN2O. The summed E-state index contributed by atoms with van der Waals surface area (Å²) in [6.45, 7) is 8.92. The largest absolute Gasteiger partial charge is 0.352 e. The lowest BCUT2D eigenvalue weighted by atomic mass is 9.92. The zero-order chi connectivity index (χ0) is 13.1. The number of pyridine rings is 1. The summed E-state index contributed by atoms with van der Waals surface area (Å²) in [5.74, 6) is -0.0957. The molecule has 0 radical (unpaired) electrons. The van der Waals surface area contributed by atoms with Gasteiger partial charge in [0.1, 0.15) is 5.15 Å². The Morgan fingerprint density at radius 3 is 2.59 bits per heavy atom. The third kappa shape index (κ3) is 5.18. The average Bonchev–Trinajstić information content (AvgIpc) is 2.13. The van der Waals surface area contributed by atoms with Crippen LogP contribution in [0.5, 0.6) is 0 Å². The van der Waals surface area contributed by atoms with Crippen molar-refractivity contribution in [3.05, 3.63) is 28.5 Å². The molecular weight excluding hydrogens is 236 g/mol. The molecule has 1 aromatic heterocycles. The Morgan fingerprint density at radius 1 is 1.41 bits per heavy atom. The SMILES string of the molecule is Cc1cc(C(=O)NCCC(C)(C)C)cc(Cl)n1. The second-order valence-corrected chi connectivity index (χ2v) is 5.77. The molecule has 0 atom stereocenters. The summed E-state index contributed by atoms with van der Waals surface area (Å²) in [6, 6.07) is 3.32. The van der Waals surface area contributed by atoms with Gasteiger partial charge in [0.05, 0.1) is 0 Å². The molecule has 0 spiro atoms. The number of aromatic nitrogens is 1. The van der Waals surface area contributed by atoms with E-state index in [-0.39, 0.29) is 11.3 Å². The van der Waals surface area contributed by atoms with E-state index in [1.807, 2.05) is 6.92 Å². The van der Waals surface area contributed by atoms with Gasteiger partial charge in [0, 0.05) is 17.8 Å². The molecule has 0 aliphatic rings. The van der Waals surface area contributed by atoms with Crippen LogP contribution in [0.1, 0.15) is 43.2 Å². The third-order valence-electron chi connectivity index (χ3n) is 2.34. The molecule has 0 aromatic carbocycles. The molecule has 17 heavy (non-hydrogen) atoms. The molecule has 1 rings (SSSR count). The fourth-order valence-corrected chi connectivity index (χ4v) is 1.66. The molecule has 4 heteroatoms. The minimum Gasteiger partial charge on any atom is -0.352 e. The van der Waals surface area contributed by atoms with Gasteiger partial charge in [0.15, 0.2) is 0 Å². The Bertz CT molecular complexity index is 390. The Hall–Kier alpha value is -1.09. The molecule has 0 aliphatic heterocycles. The number of nitrogens with one attached hydrogen (secondary N) is 1. The lowest BCUT2D eigenvalue weighted by Gasteiger charge is -2.18. The molecule has 1 aromatic rings. The van der Waals surface area contributed by atoms with E-state index in [9.17, 15) is 4.79 Å². The van der Waals surface area contributed by atoms with Crippen molar-refractivity contribution in [1.29, 1.82) is 0 Å². The van der Waals surface area contributed by atoms with E-state index < -0.39 is 0 Å². The summed E-state index contributed by atoms with van der Waals surface area (Å²) in [6.07, 6.45) is 0.941. The van der Waals surface area contributed by atoms with E-state index in [4.69, 9.17) is 11.6 Å². The fourth-order valence-electron chi connectivity index (χ4n) is 1.41. The molecule has 0 unspecified atom stereocenters. The van der Waals surface area contributed by atoms with Gasteiger partial charge in [0.2, 0.25) is 0 Å². The van der Waals surface area contributed by atoms with Crippen LogP contribution < -0.4 is 5.32 Å². The summed E-state index contributed by atoms with van der Waals surface area (Å²) < 4.78 is 0. The molecule has 1 heterocycles. The number of halogens is 1. The number of carbonyl (C=O) groups excluding carboxylic acids is 1. The van der Waals surface area contributed by atoms with Gasteiger partial charge < -0.3 is 5.32 Å². The zero-order valence-corrected chi connectivity index (χ0v) is 11.6. The summed E-state index contributed by atoms with van der Waals surface area (Å²) in [4.78, 5) is 15.9.